The Hall–Kier alpha value is -0.490. The lowest BCUT2D eigenvalue weighted by atomic mass is 9.86. The maximum atomic E-state index is 12.4. The third-order valence-electron chi connectivity index (χ3n) is 3.51. The zero-order chi connectivity index (χ0) is 16.4. The summed E-state index contributed by atoms with van der Waals surface area (Å²) in [6.07, 6.45) is 0. The Kier molecular flexibility index (Phi) is 6.35. The van der Waals surface area contributed by atoms with Gasteiger partial charge in [0.1, 0.15) is 4.90 Å². The molecule has 0 radical (unpaired) electrons. The van der Waals surface area contributed by atoms with Crippen molar-refractivity contribution in [1.82, 2.24) is 4.72 Å². The highest BCUT2D eigenvalue weighted by Gasteiger charge is 2.25. The first-order valence-corrected chi connectivity index (χ1v) is 9.04. The molecule has 0 aromatic heterocycles. The van der Waals surface area contributed by atoms with Gasteiger partial charge in [-0.25, -0.2) is 13.1 Å². The standard InChI is InChI=1S/C14H22Cl2N2O2S/c1-8(2)11(9(3)4)7-18-21(19,20)14-12(15)5-10(17)6-13(14)16/h5-6,8-9,11,18H,7,17H2,1-4H3. The van der Waals surface area contributed by atoms with Crippen molar-refractivity contribution in [2.75, 3.05) is 12.3 Å². The van der Waals surface area contributed by atoms with Crippen molar-refractivity contribution in [2.24, 2.45) is 17.8 Å². The van der Waals surface area contributed by atoms with Crippen LogP contribution in [0.2, 0.25) is 10.0 Å². The second-order valence-electron chi connectivity index (χ2n) is 5.82. The lowest BCUT2D eigenvalue weighted by Crippen LogP contribution is -2.34. The van der Waals surface area contributed by atoms with Crippen molar-refractivity contribution in [2.45, 2.75) is 32.6 Å². The molecule has 0 aliphatic rings. The highest BCUT2D eigenvalue weighted by molar-refractivity contribution is 7.89. The van der Waals surface area contributed by atoms with E-state index in [0.29, 0.717) is 24.1 Å². The minimum Gasteiger partial charge on any atom is -0.399 e. The summed E-state index contributed by atoms with van der Waals surface area (Å²) >= 11 is 12.0. The van der Waals surface area contributed by atoms with Gasteiger partial charge in [-0.2, -0.15) is 0 Å². The monoisotopic (exact) mass is 352 g/mol. The van der Waals surface area contributed by atoms with Gasteiger partial charge in [0.25, 0.3) is 0 Å². The van der Waals surface area contributed by atoms with Crippen LogP contribution in [0.5, 0.6) is 0 Å². The first-order valence-electron chi connectivity index (χ1n) is 6.80. The van der Waals surface area contributed by atoms with E-state index in [2.05, 4.69) is 32.4 Å². The summed E-state index contributed by atoms with van der Waals surface area (Å²) < 4.78 is 27.4. The van der Waals surface area contributed by atoms with Gasteiger partial charge in [0.15, 0.2) is 0 Å². The van der Waals surface area contributed by atoms with Gasteiger partial charge in [-0.1, -0.05) is 50.9 Å². The summed E-state index contributed by atoms with van der Waals surface area (Å²) in [5.74, 6) is 0.959. The van der Waals surface area contributed by atoms with E-state index in [1.807, 2.05) is 0 Å². The fraction of sp³-hybridized carbons (Fsp3) is 0.571. The van der Waals surface area contributed by atoms with E-state index in [4.69, 9.17) is 28.9 Å². The molecule has 0 atom stereocenters. The highest BCUT2D eigenvalue weighted by atomic mass is 35.5. The molecule has 1 rings (SSSR count). The third-order valence-corrected chi connectivity index (χ3v) is 5.86. The molecule has 0 aliphatic carbocycles. The quantitative estimate of drug-likeness (QED) is 0.765. The van der Waals surface area contributed by atoms with Crippen LogP contribution in [-0.2, 0) is 10.0 Å². The molecule has 1 aromatic rings. The Balaban J connectivity index is 3.03. The Morgan fingerprint density at radius 2 is 1.52 bits per heavy atom. The average molecular weight is 353 g/mol. The second kappa shape index (κ2) is 7.18. The number of hydrogen-bond donors (Lipinski definition) is 2. The van der Waals surface area contributed by atoms with Crippen LogP contribution in [0.1, 0.15) is 27.7 Å². The minimum atomic E-state index is -3.77. The lowest BCUT2D eigenvalue weighted by Gasteiger charge is -2.25. The number of sulfonamides is 1. The lowest BCUT2D eigenvalue weighted by molar-refractivity contribution is 0.289. The number of rotatable bonds is 6. The summed E-state index contributed by atoms with van der Waals surface area (Å²) in [4.78, 5) is -0.119. The molecule has 0 unspecified atom stereocenters. The number of benzene rings is 1. The SMILES string of the molecule is CC(C)C(CNS(=O)(=O)c1c(Cl)cc(N)cc1Cl)C(C)C. The van der Waals surface area contributed by atoms with E-state index in [1.54, 1.807) is 0 Å². The maximum Gasteiger partial charge on any atom is 0.243 e. The van der Waals surface area contributed by atoms with Crippen molar-refractivity contribution < 1.29 is 8.42 Å². The summed E-state index contributed by atoms with van der Waals surface area (Å²) in [6, 6.07) is 2.76. The van der Waals surface area contributed by atoms with Crippen LogP contribution in [0.15, 0.2) is 17.0 Å². The molecule has 120 valence electrons. The van der Waals surface area contributed by atoms with E-state index < -0.39 is 10.0 Å². The van der Waals surface area contributed by atoms with Gasteiger partial charge >= 0.3 is 0 Å². The number of hydrogen-bond acceptors (Lipinski definition) is 3. The molecule has 3 N–H and O–H groups in total. The van der Waals surface area contributed by atoms with Crippen molar-refractivity contribution in [3.63, 3.8) is 0 Å². The van der Waals surface area contributed by atoms with Crippen LogP contribution in [0.3, 0.4) is 0 Å². The molecule has 21 heavy (non-hydrogen) atoms. The summed E-state index contributed by atoms with van der Waals surface area (Å²) in [6.45, 7) is 8.63. The van der Waals surface area contributed by atoms with Crippen LogP contribution in [-0.4, -0.2) is 15.0 Å². The molecule has 0 amide bonds. The van der Waals surface area contributed by atoms with Crippen LogP contribution < -0.4 is 10.5 Å². The number of nitrogens with two attached hydrogens (primary N) is 1. The Morgan fingerprint density at radius 1 is 1.10 bits per heavy atom. The minimum absolute atomic E-state index is 0.0261. The van der Waals surface area contributed by atoms with Crippen LogP contribution >= 0.6 is 23.2 Å². The molecule has 0 bridgehead atoms. The fourth-order valence-electron chi connectivity index (χ4n) is 2.36. The normalized spacial score (nSPS) is 12.6. The van der Waals surface area contributed by atoms with Gasteiger partial charge in [0.05, 0.1) is 10.0 Å². The second-order valence-corrected chi connectivity index (χ2v) is 8.34. The molecular weight excluding hydrogens is 331 g/mol. The van der Waals surface area contributed by atoms with Gasteiger partial charge in [0.2, 0.25) is 10.0 Å². The van der Waals surface area contributed by atoms with Crippen molar-refractivity contribution in [3.8, 4) is 0 Å². The molecule has 0 aliphatic heterocycles. The van der Waals surface area contributed by atoms with Gasteiger partial charge in [0, 0.05) is 12.2 Å². The van der Waals surface area contributed by atoms with Crippen molar-refractivity contribution in [1.29, 1.82) is 0 Å². The number of nitrogen functional groups attached to an aromatic ring is 1. The van der Waals surface area contributed by atoms with Gasteiger partial charge in [-0.3, -0.25) is 0 Å². The summed E-state index contributed by atoms with van der Waals surface area (Å²) in [5.41, 5.74) is 5.91. The highest BCUT2D eigenvalue weighted by Crippen LogP contribution is 2.32. The molecule has 0 spiro atoms. The molecule has 7 heteroatoms. The van der Waals surface area contributed by atoms with E-state index in [9.17, 15) is 8.42 Å². The van der Waals surface area contributed by atoms with E-state index in [1.165, 1.54) is 12.1 Å². The van der Waals surface area contributed by atoms with Crippen LogP contribution in [0.4, 0.5) is 5.69 Å². The maximum absolute atomic E-state index is 12.4. The number of anilines is 1. The molecule has 0 saturated heterocycles. The zero-order valence-electron chi connectivity index (χ0n) is 12.7. The molecule has 4 nitrogen and oxygen atoms in total. The van der Waals surface area contributed by atoms with Crippen molar-refractivity contribution in [3.05, 3.63) is 22.2 Å². The van der Waals surface area contributed by atoms with E-state index in [0.717, 1.165) is 0 Å². The molecular formula is C14H22Cl2N2O2S. The summed E-state index contributed by atoms with van der Waals surface area (Å²) in [7, 11) is -3.77. The van der Waals surface area contributed by atoms with E-state index in [-0.39, 0.29) is 20.9 Å². The van der Waals surface area contributed by atoms with Crippen LogP contribution in [0.25, 0.3) is 0 Å². The number of halogens is 2. The van der Waals surface area contributed by atoms with Gasteiger partial charge < -0.3 is 5.73 Å². The van der Waals surface area contributed by atoms with Crippen LogP contribution in [0, 0.1) is 17.8 Å². The molecule has 0 heterocycles. The Bertz CT molecular complexity index is 570. The topological polar surface area (TPSA) is 72.2 Å². The third kappa shape index (κ3) is 4.74. The largest absolute Gasteiger partial charge is 0.399 e. The zero-order valence-corrected chi connectivity index (χ0v) is 15.0. The molecule has 1 aromatic carbocycles. The Labute approximate surface area is 137 Å². The molecule has 0 fully saturated rings. The smallest absolute Gasteiger partial charge is 0.243 e. The predicted molar refractivity (Wildman–Crippen MR) is 89.2 cm³/mol. The Morgan fingerprint density at radius 3 is 1.90 bits per heavy atom. The first kappa shape index (κ1) is 18.6. The first-order chi connectivity index (χ1) is 9.56. The van der Waals surface area contributed by atoms with Gasteiger partial charge in [-0.15, -0.1) is 0 Å². The van der Waals surface area contributed by atoms with Crippen molar-refractivity contribution >= 4 is 38.9 Å². The predicted octanol–water partition coefficient (Wildman–Crippen LogP) is 3.78. The summed E-state index contributed by atoms with van der Waals surface area (Å²) in [5, 5.41) is 0.0521. The van der Waals surface area contributed by atoms with Gasteiger partial charge in [-0.05, 0) is 29.9 Å². The fourth-order valence-corrected chi connectivity index (χ4v) is 4.66. The number of nitrogens with one attached hydrogen (secondary N) is 1. The average Bonchev–Trinajstić information content (AvgIpc) is 2.25. The molecule has 0 saturated carbocycles. The van der Waals surface area contributed by atoms with E-state index >= 15 is 0 Å².